The number of carbonyl (C=O) groups excluding carboxylic acids is 1. The lowest BCUT2D eigenvalue weighted by Gasteiger charge is -2.09. The van der Waals surface area contributed by atoms with Crippen LogP contribution in [0.1, 0.15) is 23.6 Å². The van der Waals surface area contributed by atoms with Crippen LogP contribution < -0.4 is 0 Å². The molecule has 0 saturated carbocycles. The maximum Gasteiger partial charge on any atom is 0.310 e. The first-order valence-corrected chi connectivity index (χ1v) is 6.66. The number of esters is 1. The first-order valence-electron chi connectivity index (χ1n) is 5.09. The molecule has 0 unspecified atom stereocenters. The third-order valence-corrected chi connectivity index (χ3v) is 3.36. The lowest BCUT2D eigenvalue weighted by Crippen LogP contribution is -2.08. The van der Waals surface area contributed by atoms with Crippen molar-refractivity contribution in [1.29, 1.82) is 5.26 Å². The fraction of sp³-hybridized carbons (Fsp3) is 0.333. The average Bonchev–Trinajstić information content (AvgIpc) is 2.31. The highest BCUT2D eigenvalue weighted by molar-refractivity contribution is 9.08. The smallest absolute Gasteiger partial charge is 0.310 e. The number of nitrogens with zero attached hydrogens (tertiary/aromatic N) is 1. The summed E-state index contributed by atoms with van der Waals surface area (Å²) < 4.78 is 4.87. The number of hydrogen-bond acceptors (Lipinski definition) is 4. The van der Waals surface area contributed by atoms with Gasteiger partial charge in [-0.15, -0.1) is 12.6 Å². The summed E-state index contributed by atoms with van der Waals surface area (Å²) in [5, 5.41) is 9.64. The minimum absolute atomic E-state index is 0.143. The normalized spacial score (nSPS) is 9.76. The van der Waals surface area contributed by atoms with E-state index in [-0.39, 0.29) is 12.4 Å². The molecule has 5 heteroatoms. The van der Waals surface area contributed by atoms with Gasteiger partial charge in [-0.25, -0.2) is 0 Å². The molecule has 1 rings (SSSR count). The number of ether oxygens (including phenoxy) is 1. The van der Waals surface area contributed by atoms with Crippen LogP contribution in [0, 0.1) is 11.3 Å². The Morgan fingerprint density at radius 3 is 2.71 bits per heavy atom. The van der Waals surface area contributed by atoms with Crippen molar-refractivity contribution in [1.82, 2.24) is 0 Å². The van der Waals surface area contributed by atoms with Crippen molar-refractivity contribution in [2.75, 3.05) is 6.61 Å². The average molecular weight is 314 g/mol. The van der Waals surface area contributed by atoms with E-state index in [9.17, 15) is 4.79 Å². The standard InChI is InChI=1S/C12H12BrNO2S/c1-2-16-11(15)5-8-3-4-9(6-13)10(7-14)12(8)17/h3-4,17H,2,5-6H2,1H3. The molecule has 1 aromatic rings. The van der Waals surface area contributed by atoms with Crippen molar-refractivity contribution >= 4 is 34.5 Å². The molecule has 0 saturated heterocycles. The summed E-state index contributed by atoms with van der Waals surface area (Å²) in [7, 11) is 0. The molecule has 0 N–H and O–H groups in total. The SMILES string of the molecule is CCOC(=O)Cc1ccc(CBr)c(C#N)c1S. The maximum atomic E-state index is 11.4. The molecule has 0 radical (unpaired) electrons. The van der Waals surface area contributed by atoms with E-state index in [0.717, 1.165) is 5.56 Å². The molecule has 0 spiro atoms. The number of hydrogen-bond donors (Lipinski definition) is 1. The summed E-state index contributed by atoms with van der Waals surface area (Å²) in [6.07, 6.45) is 0.143. The number of alkyl halides is 1. The third kappa shape index (κ3) is 3.48. The van der Waals surface area contributed by atoms with Crippen LogP contribution in [-0.2, 0) is 21.3 Å². The maximum absolute atomic E-state index is 11.4. The predicted octanol–water partition coefficient (Wildman–Crippen LogP) is 2.85. The zero-order chi connectivity index (χ0) is 12.8. The Morgan fingerprint density at radius 2 is 2.18 bits per heavy atom. The van der Waals surface area contributed by atoms with Gasteiger partial charge >= 0.3 is 5.97 Å². The molecule has 0 aromatic heterocycles. The molecular formula is C12H12BrNO2S. The Balaban J connectivity index is 3.04. The number of carbonyl (C=O) groups is 1. The second kappa shape index (κ2) is 6.67. The van der Waals surface area contributed by atoms with E-state index in [2.05, 4.69) is 34.6 Å². The molecule has 0 bridgehead atoms. The van der Waals surface area contributed by atoms with Crippen LogP contribution in [0.15, 0.2) is 17.0 Å². The first-order chi connectivity index (χ1) is 8.13. The fourth-order valence-corrected chi connectivity index (χ4v) is 2.24. The minimum Gasteiger partial charge on any atom is -0.466 e. The van der Waals surface area contributed by atoms with Crippen LogP contribution in [-0.4, -0.2) is 12.6 Å². The number of rotatable bonds is 4. The Kier molecular flexibility index (Phi) is 5.52. The van der Waals surface area contributed by atoms with Crippen molar-refractivity contribution in [3.63, 3.8) is 0 Å². The Hall–Kier alpha value is -0.990. The summed E-state index contributed by atoms with van der Waals surface area (Å²) in [6, 6.07) is 5.73. The molecule has 3 nitrogen and oxygen atoms in total. The molecule has 0 heterocycles. The molecule has 90 valence electrons. The van der Waals surface area contributed by atoms with Gasteiger partial charge in [0.15, 0.2) is 0 Å². The van der Waals surface area contributed by atoms with Gasteiger partial charge < -0.3 is 4.74 Å². The van der Waals surface area contributed by atoms with E-state index in [4.69, 9.17) is 10.00 Å². The lowest BCUT2D eigenvalue weighted by atomic mass is 10.0. The lowest BCUT2D eigenvalue weighted by molar-refractivity contribution is -0.142. The van der Waals surface area contributed by atoms with Crippen molar-refractivity contribution in [2.45, 2.75) is 23.6 Å². The second-order valence-electron chi connectivity index (χ2n) is 3.33. The van der Waals surface area contributed by atoms with Crippen molar-refractivity contribution in [3.05, 3.63) is 28.8 Å². The van der Waals surface area contributed by atoms with E-state index >= 15 is 0 Å². The van der Waals surface area contributed by atoms with E-state index in [1.54, 1.807) is 13.0 Å². The van der Waals surface area contributed by atoms with Gasteiger partial charge in [-0.05, 0) is 18.1 Å². The Bertz CT molecular complexity index is 468. The Morgan fingerprint density at radius 1 is 1.53 bits per heavy atom. The highest BCUT2D eigenvalue weighted by Crippen LogP contribution is 2.24. The second-order valence-corrected chi connectivity index (χ2v) is 4.34. The minimum atomic E-state index is -0.307. The molecular weight excluding hydrogens is 302 g/mol. The number of thiol groups is 1. The largest absolute Gasteiger partial charge is 0.466 e. The summed E-state index contributed by atoms with van der Waals surface area (Å²) >= 11 is 7.61. The summed E-state index contributed by atoms with van der Waals surface area (Å²) in [5.41, 5.74) is 2.09. The number of benzene rings is 1. The quantitative estimate of drug-likeness (QED) is 0.528. The van der Waals surface area contributed by atoms with Crippen LogP contribution in [0.2, 0.25) is 0 Å². The van der Waals surface area contributed by atoms with Crippen molar-refractivity contribution in [2.24, 2.45) is 0 Å². The topological polar surface area (TPSA) is 50.1 Å². The highest BCUT2D eigenvalue weighted by Gasteiger charge is 2.13. The number of nitriles is 1. The van der Waals surface area contributed by atoms with Gasteiger partial charge in [0.2, 0.25) is 0 Å². The number of halogens is 1. The van der Waals surface area contributed by atoms with Crippen LogP contribution in [0.25, 0.3) is 0 Å². The van der Waals surface area contributed by atoms with Gasteiger partial charge in [0, 0.05) is 10.2 Å². The van der Waals surface area contributed by atoms with Crippen molar-refractivity contribution < 1.29 is 9.53 Å². The van der Waals surface area contributed by atoms with Gasteiger partial charge in [-0.2, -0.15) is 5.26 Å². The van der Waals surface area contributed by atoms with Gasteiger partial charge in [0.25, 0.3) is 0 Å². The van der Waals surface area contributed by atoms with E-state index in [1.165, 1.54) is 0 Å². The van der Waals surface area contributed by atoms with Crippen LogP contribution in [0.3, 0.4) is 0 Å². The zero-order valence-electron chi connectivity index (χ0n) is 9.36. The molecule has 17 heavy (non-hydrogen) atoms. The molecule has 0 atom stereocenters. The first kappa shape index (κ1) is 14.1. The summed E-state index contributed by atoms with van der Waals surface area (Å²) in [5.74, 6) is -0.307. The highest BCUT2D eigenvalue weighted by atomic mass is 79.9. The molecule has 0 fully saturated rings. The Labute approximate surface area is 114 Å². The molecule has 0 aliphatic heterocycles. The summed E-state index contributed by atoms with van der Waals surface area (Å²) in [6.45, 7) is 2.11. The molecule has 1 aromatic carbocycles. The fourth-order valence-electron chi connectivity index (χ4n) is 1.42. The van der Waals surface area contributed by atoms with Crippen LogP contribution in [0.5, 0.6) is 0 Å². The molecule has 0 aliphatic rings. The molecule has 0 amide bonds. The van der Waals surface area contributed by atoms with Crippen LogP contribution >= 0.6 is 28.6 Å². The van der Waals surface area contributed by atoms with Gasteiger partial charge in [0.05, 0.1) is 18.6 Å². The monoisotopic (exact) mass is 313 g/mol. The van der Waals surface area contributed by atoms with Crippen LogP contribution in [0.4, 0.5) is 0 Å². The predicted molar refractivity (Wildman–Crippen MR) is 71.4 cm³/mol. The van der Waals surface area contributed by atoms with Gasteiger partial charge in [-0.1, -0.05) is 28.1 Å². The molecule has 0 aliphatic carbocycles. The van der Waals surface area contributed by atoms with E-state index in [0.29, 0.717) is 28.0 Å². The zero-order valence-corrected chi connectivity index (χ0v) is 11.8. The van der Waals surface area contributed by atoms with E-state index < -0.39 is 0 Å². The van der Waals surface area contributed by atoms with Gasteiger partial charge in [0.1, 0.15) is 6.07 Å². The van der Waals surface area contributed by atoms with E-state index in [1.807, 2.05) is 6.07 Å². The van der Waals surface area contributed by atoms with Gasteiger partial charge in [-0.3, -0.25) is 4.79 Å². The summed E-state index contributed by atoms with van der Waals surface area (Å²) in [4.78, 5) is 11.9. The third-order valence-electron chi connectivity index (χ3n) is 2.24. The van der Waals surface area contributed by atoms with Crippen molar-refractivity contribution in [3.8, 4) is 6.07 Å².